The second-order valence-corrected chi connectivity index (χ2v) is 13.1. The maximum atomic E-state index is 9.55. The Labute approximate surface area is 161 Å². The van der Waals surface area contributed by atoms with E-state index in [0.29, 0.717) is 6.54 Å². The van der Waals surface area contributed by atoms with Crippen molar-refractivity contribution in [3.05, 3.63) is 77.6 Å². The summed E-state index contributed by atoms with van der Waals surface area (Å²) < 4.78 is 0. The van der Waals surface area contributed by atoms with Gasteiger partial charge in [-0.05, 0) is 22.8 Å². The molecule has 1 aliphatic heterocycles. The van der Waals surface area contributed by atoms with Crippen LogP contribution in [0.25, 0.3) is 16.7 Å². The van der Waals surface area contributed by atoms with Crippen molar-refractivity contribution in [3.8, 4) is 17.2 Å². The van der Waals surface area contributed by atoms with Crippen LogP contribution in [-0.2, 0) is 0 Å². The van der Waals surface area contributed by atoms with Crippen LogP contribution in [0.4, 0.5) is 5.69 Å². The van der Waals surface area contributed by atoms with Gasteiger partial charge in [0.2, 0.25) is 0 Å². The first-order valence-electron chi connectivity index (χ1n) is 9.23. The Morgan fingerprint density at radius 1 is 0.852 bits per heavy atom. The number of nitrogens with zero attached hydrogens (tertiary/aromatic N) is 1. The Morgan fingerprint density at radius 2 is 1.44 bits per heavy atom. The predicted octanol–water partition coefficient (Wildman–Crippen LogP) is 4.98. The minimum absolute atomic E-state index is 0.566. The Morgan fingerprint density at radius 3 is 2.04 bits per heavy atom. The van der Waals surface area contributed by atoms with Crippen LogP contribution in [0.15, 0.2) is 66.4 Å². The molecule has 0 radical (unpaired) electrons. The van der Waals surface area contributed by atoms with Gasteiger partial charge in [0.25, 0.3) is 0 Å². The normalized spacial score (nSPS) is 13.7. The van der Waals surface area contributed by atoms with E-state index < -0.39 is 8.07 Å². The molecule has 0 aliphatic carbocycles. The van der Waals surface area contributed by atoms with E-state index in [2.05, 4.69) is 84.5 Å². The molecular formula is C23H23N3Si. The van der Waals surface area contributed by atoms with Gasteiger partial charge in [0.1, 0.15) is 0 Å². The molecule has 1 aromatic heterocycles. The van der Waals surface area contributed by atoms with Gasteiger partial charge in [0, 0.05) is 11.8 Å². The lowest BCUT2D eigenvalue weighted by Gasteiger charge is -2.19. The summed E-state index contributed by atoms with van der Waals surface area (Å²) in [6.45, 7) is 7.66. The first kappa shape index (κ1) is 17.4. The van der Waals surface area contributed by atoms with Crippen molar-refractivity contribution in [2.75, 3.05) is 11.9 Å². The average molecular weight is 370 g/mol. The minimum atomic E-state index is -1.27. The maximum absolute atomic E-state index is 9.55. The molecule has 2 heterocycles. The van der Waals surface area contributed by atoms with E-state index in [-0.39, 0.29) is 0 Å². The number of hydrogen-bond donors (Lipinski definition) is 2. The highest BCUT2D eigenvalue weighted by atomic mass is 28.3. The average Bonchev–Trinajstić information content (AvgIpc) is 3.15. The number of anilines is 1. The van der Waals surface area contributed by atoms with Crippen LogP contribution in [0.5, 0.6) is 0 Å². The summed E-state index contributed by atoms with van der Waals surface area (Å²) >= 11 is 0. The molecule has 2 aromatic carbocycles. The van der Waals surface area contributed by atoms with E-state index in [1.54, 1.807) is 0 Å². The largest absolute Gasteiger partial charge is 0.378 e. The van der Waals surface area contributed by atoms with Gasteiger partial charge in [0.15, 0.2) is 0 Å². The molecule has 4 rings (SSSR count). The first-order chi connectivity index (χ1) is 13.0. The van der Waals surface area contributed by atoms with E-state index in [0.717, 1.165) is 28.1 Å². The number of aromatic nitrogens is 1. The lowest BCUT2D eigenvalue weighted by Crippen LogP contribution is -2.37. The van der Waals surface area contributed by atoms with E-state index in [4.69, 9.17) is 0 Å². The van der Waals surface area contributed by atoms with Crippen LogP contribution < -0.4 is 10.5 Å². The van der Waals surface area contributed by atoms with Crippen LogP contribution in [0.3, 0.4) is 0 Å². The van der Waals surface area contributed by atoms with Crippen molar-refractivity contribution in [2.24, 2.45) is 0 Å². The highest BCUT2D eigenvalue weighted by Crippen LogP contribution is 2.35. The van der Waals surface area contributed by atoms with Gasteiger partial charge in [-0.1, -0.05) is 73.4 Å². The zero-order valence-corrected chi connectivity index (χ0v) is 16.9. The third kappa shape index (κ3) is 3.22. The van der Waals surface area contributed by atoms with E-state index in [1.165, 1.54) is 16.3 Å². The van der Waals surface area contributed by atoms with Crippen molar-refractivity contribution in [1.29, 1.82) is 5.26 Å². The fraction of sp³-hybridized carbons (Fsp3) is 0.174. The van der Waals surface area contributed by atoms with Crippen molar-refractivity contribution < 1.29 is 0 Å². The fourth-order valence-corrected chi connectivity index (χ4v) is 4.72. The second-order valence-electron chi connectivity index (χ2n) is 7.99. The fourth-order valence-electron chi connectivity index (χ4n) is 3.55. The van der Waals surface area contributed by atoms with E-state index in [9.17, 15) is 5.26 Å². The molecule has 3 nitrogen and oxygen atoms in total. The quantitative estimate of drug-likeness (QED) is 0.640. The molecule has 0 bridgehead atoms. The third-order valence-electron chi connectivity index (χ3n) is 5.15. The smallest absolute Gasteiger partial charge is 0.0973 e. The van der Waals surface area contributed by atoms with Crippen LogP contribution >= 0.6 is 0 Å². The van der Waals surface area contributed by atoms with Crippen LogP contribution in [-0.4, -0.2) is 19.6 Å². The van der Waals surface area contributed by atoms with Gasteiger partial charge < -0.3 is 10.3 Å². The van der Waals surface area contributed by atoms with Crippen LogP contribution in [0.1, 0.15) is 11.3 Å². The Bertz CT molecular complexity index is 1040. The summed E-state index contributed by atoms with van der Waals surface area (Å²) in [4.78, 5) is 3.27. The summed E-state index contributed by atoms with van der Waals surface area (Å²) in [6, 6.07) is 21.9. The number of fused-ring (bicyclic) bond motifs is 1. The van der Waals surface area contributed by atoms with Crippen molar-refractivity contribution >= 4 is 24.5 Å². The Kier molecular flexibility index (Phi) is 4.25. The Balaban J connectivity index is 1.69. The topological polar surface area (TPSA) is 51.6 Å². The minimum Gasteiger partial charge on any atom is -0.378 e. The number of aromatic amines is 1. The highest BCUT2D eigenvalue weighted by molar-refractivity contribution is 6.88. The Hall–Kier alpha value is -3.03. The maximum Gasteiger partial charge on any atom is 0.0973 e. The van der Waals surface area contributed by atoms with Gasteiger partial charge in [-0.25, -0.2) is 0 Å². The standard InChI is InChI=1S/C23H23N3Si/c1-27(2,3)20-10-8-17(9-11-20)16-4-6-18(7-5-16)22-19(14-24)15-26-21-12-13-25-23(21)22/h4-13,25-26H,15H2,1-3H3. The summed E-state index contributed by atoms with van der Waals surface area (Å²) in [5.74, 6) is 0. The summed E-state index contributed by atoms with van der Waals surface area (Å²) in [6.07, 6.45) is 1.91. The molecule has 0 unspecified atom stereocenters. The number of H-pyrrole nitrogens is 1. The lowest BCUT2D eigenvalue weighted by atomic mass is 9.93. The molecule has 0 amide bonds. The SMILES string of the molecule is C[Si](C)(C)c1ccc(-c2ccc(C3=C(C#N)CNc4cc[nH]c43)cc2)cc1. The third-order valence-corrected chi connectivity index (χ3v) is 7.21. The van der Waals surface area contributed by atoms with Gasteiger partial charge in [0.05, 0.1) is 37.6 Å². The van der Waals surface area contributed by atoms with Gasteiger partial charge in [-0.15, -0.1) is 0 Å². The summed E-state index contributed by atoms with van der Waals surface area (Å²) in [5.41, 5.74) is 7.29. The summed E-state index contributed by atoms with van der Waals surface area (Å²) in [7, 11) is -1.27. The summed E-state index contributed by atoms with van der Waals surface area (Å²) in [5, 5.41) is 14.3. The van der Waals surface area contributed by atoms with Crippen molar-refractivity contribution in [1.82, 2.24) is 4.98 Å². The number of nitrogens with one attached hydrogen (secondary N) is 2. The molecule has 0 spiro atoms. The molecule has 27 heavy (non-hydrogen) atoms. The van der Waals surface area contributed by atoms with Crippen molar-refractivity contribution in [3.63, 3.8) is 0 Å². The van der Waals surface area contributed by atoms with Crippen LogP contribution in [0.2, 0.25) is 19.6 Å². The molecule has 2 N–H and O–H groups in total. The number of nitriles is 1. The lowest BCUT2D eigenvalue weighted by molar-refractivity contribution is 1.20. The molecular weight excluding hydrogens is 346 g/mol. The highest BCUT2D eigenvalue weighted by Gasteiger charge is 2.21. The number of rotatable bonds is 3. The first-order valence-corrected chi connectivity index (χ1v) is 12.7. The molecule has 0 saturated heterocycles. The van der Waals surface area contributed by atoms with Gasteiger partial charge in [-0.2, -0.15) is 5.26 Å². The molecule has 4 heteroatoms. The molecule has 0 atom stereocenters. The number of benzene rings is 2. The molecule has 1 aliphatic rings. The zero-order valence-electron chi connectivity index (χ0n) is 15.9. The zero-order chi connectivity index (χ0) is 19.0. The second kappa shape index (κ2) is 6.60. The van der Waals surface area contributed by atoms with Gasteiger partial charge in [-0.3, -0.25) is 0 Å². The molecule has 0 saturated carbocycles. The monoisotopic (exact) mass is 369 g/mol. The predicted molar refractivity (Wildman–Crippen MR) is 116 cm³/mol. The van der Waals surface area contributed by atoms with Crippen LogP contribution in [0, 0.1) is 11.3 Å². The van der Waals surface area contributed by atoms with Gasteiger partial charge >= 0.3 is 0 Å². The molecule has 0 fully saturated rings. The molecule has 134 valence electrons. The van der Waals surface area contributed by atoms with Crippen molar-refractivity contribution in [2.45, 2.75) is 19.6 Å². The van der Waals surface area contributed by atoms with E-state index in [1.807, 2.05) is 12.3 Å². The molecule has 3 aromatic rings. The van der Waals surface area contributed by atoms with E-state index >= 15 is 0 Å². The number of hydrogen-bond acceptors (Lipinski definition) is 2.